The molecular weight excluding hydrogens is 428 g/mol. The number of ether oxygens (including phenoxy) is 4. The lowest BCUT2D eigenvalue weighted by molar-refractivity contribution is -0.123. The van der Waals surface area contributed by atoms with E-state index in [0.717, 1.165) is 5.56 Å². The minimum atomic E-state index is -0.298. The van der Waals surface area contributed by atoms with Crippen LogP contribution in [0, 0.1) is 11.3 Å². The zero-order valence-corrected chi connectivity index (χ0v) is 16.9. The van der Waals surface area contributed by atoms with Crippen molar-refractivity contribution in [2.75, 3.05) is 26.4 Å². The van der Waals surface area contributed by atoms with E-state index in [4.69, 9.17) is 24.2 Å². The molecule has 3 rings (SSSR count). The quantitative estimate of drug-likeness (QED) is 0.702. The number of carbonyl (C=O) groups is 1. The van der Waals surface area contributed by atoms with Crippen molar-refractivity contribution in [3.05, 3.63) is 45.9 Å². The number of hydrogen-bond acceptors (Lipinski definition) is 6. The Balaban J connectivity index is 1.62. The highest BCUT2D eigenvalue weighted by atomic mass is 79.9. The highest BCUT2D eigenvalue weighted by Gasteiger charge is 2.17. The molecule has 0 spiro atoms. The van der Waals surface area contributed by atoms with Crippen LogP contribution in [0.5, 0.6) is 23.0 Å². The van der Waals surface area contributed by atoms with E-state index in [1.54, 1.807) is 12.1 Å². The van der Waals surface area contributed by atoms with Gasteiger partial charge >= 0.3 is 0 Å². The van der Waals surface area contributed by atoms with Gasteiger partial charge in [0.25, 0.3) is 5.91 Å². The summed E-state index contributed by atoms with van der Waals surface area (Å²) in [5.74, 6) is 1.82. The molecule has 1 N–H and O–H groups in total. The predicted molar refractivity (Wildman–Crippen MR) is 105 cm³/mol. The fourth-order valence-electron chi connectivity index (χ4n) is 2.69. The van der Waals surface area contributed by atoms with Gasteiger partial charge in [-0.3, -0.25) is 4.79 Å². The van der Waals surface area contributed by atoms with Gasteiger partial charge in [-0.2, -0.15) is 5.26 Å². The van der Waals surface area contributed by atoms with Crippen LogP contribution in [0.1, 0.15) is 18.1 Å². The molecule has 1 aliphatic heterocycles. The van der Waals surface area contributed by atoms with Crippen LogP contribution < -0.4 is 24.3 Å². The van der Waals surface area contributed by atoms with Gasteiger partial charge in [-0.1, -0.05) is 12.1 Å². The van der Waals surface area contributed by atoms with Crippen LogP contribution in [-0.4, -0.2) is 32.3 Å². The molecular formula is C20H19BrN2O5. The molecule has 0 fully saturated rings. The van der Waals surface area contributed by atoms with Gasteiger partial charge in [-0.25, -0.2) is 0 Å². The van der Waals surface area contributed by atoms with E-state index in [9.17, 15) is 4.79 Å². The van der Waals surface area contributed by atoms with E-state index in [0.29, 0.717) is 59.4 Å². The van der Waals surface area contributed by atoms with Crippen molar-refractivity contribution < 1.29 is 23.7 Å². The summed E-state index contributed by atoms with van der Waals surface area (Å²) in [7, 11) is 0. The fraction of sp³-hybridized carbons (Fsp3) is 0.300. The van der Waals surface area contributed by atoms with Crippen molar-refractivity contribution in [3.8, 4) is 29.1 Å². The number of nitrogens with one attached hydrogen (secondary N) is 1. The molecule has 0 atom stereocenters. The van der Waals surface area contributed by atoms with Crippen LogP contribution in [0.3, 0.4) is 0 Å². The number of halogens is 1. The molecule has 2 aromatic carbocycles. The Bertz CT molecular complexity index is 910. The standard InChI is InChI=1S/C20H19BrN2O5/c1-2-25-17-9-13(10-22)8-15(21)20(17)28-12-18(24)23-11-14-4-3-5-16-19(14)27-7-6-26-16/h3-5,8-9H,2,6-7,11-12H2,1H3,(H,23,24). The largest absolute Gasteiger partial charge is 0.490 e. The number of nitrogens with zero attached hydrogens (tertiary/aromatic N) is 1. The van der Waals surface area contributed by atoms with E-state index in [1.807, 2.05) is 25.1 Å². The molecule has 28 heavy (non-hydrogen) atoms. The average molecular weight is 447 g/mol. The Labute approximate surface area is 171 Å². The third kappa shape index (κ3) is 4.67. The molecule has 1 aliphatic rings. The van der Waals surface area contributed by atoms with Crippen molar-refractivity contribution in [1.29, 1.82) is 5.26 Å². The Kier molecular flexibility index (Phi) is 6.61. The van der Waals surface area contributed by atoms with Crippen molar-refractivity contribution in [3.63, 3.8) is 0 Å². The normalized spacial score (nSPS) is 12.0. The summed E-state index contributed by atoms with van der Waals surface area (Å²) in [4.78, 5) is 12.2. The van der Waals surface area contributed by atoms with Crippen LogP contribution in [0.15, 0.2) is 34.8 Å². The van der Waals surface area contributed by atoms with Crippen LogP contribution in [0.2, 0.25) is 0 Å². The van der Waals surface area contributed by atoms with Gasteiger partial charge < -0.3 is 24.3 Å². The maximum absolute atomic E-state index is 12.2. The Morgan fingerprint density at radius 3 is 2.89 bits per heavy atom. The molecule has 2 aromatic rings. The van der Waals surface area contributed by atoms with Crippen LogP contribution in [-0.2, 0) is 11.3 Å². The minimum absolute atomic E-state index is 0.197. The third-order valence-corrected chi connectivity index (χ3v) is 4.50. The third-order valence-electron chi connectivity index (χ3n) is 3.91. The predicted octanol–water partition coefficient (Wildman–Crippen LogP) is 3.19. The lowest BCUT2D eigenvalue weighted by atomic mass is 10.1. The second-order valence-corrected chi connectivity index (χ2v) is 6.69. The van der Waals surface area contributed by atoms with E-state index >= 15 is 0 Å². The Morgan fingerprint density at radius 1 is 1.29 bits per heavy atom. The first kappa shape index (κ1) is 19.8. The van der Waals surface area contributed by atoms with Crippen LogP contribution in [0.25, 0.3) is 0 Å². The molecule has 0 radical (unpaired) electrons. The average Bonchev–Trinajstić information content (AvgIpc) is 2.71. The summed E-state index contributed by atoms with van der Waals surface area (Å²) in [6, 6.07) is 10.8. The molecule has 0 bridgehead atoms. The first-order valence-corrected chi connectivity index (χ1v) is 9.55. The number of hydrogen-bond donors (Lipinski definition) is 1. The van der Waals surface area contributed by atoms with E-state index < -0.39 is 0 Å². The van der Waals surface area contributed by atoms with E-state index in [-0.39, 0.29) is 12.5 Å². The second kappa shape index (κ2) is 9.33. The summed E-state index contributed by atoms with van der Waals surface area (Å²) < 4.78 is 22.9. The second-order valence-electron chi connectivity index (χ2n) is 5.84. The van der Waals surface area contributed by atoms with E-state index in [1.165, 1.54) is 0 Å². The summed E-state index contributed by atoms with van der Waals surface area (Å²) in [6.07, 6.45) is 0. The maximum atomic E-state index is 12.2. The highest BCUT2D eigenvalue weighted by Crippen LogP contribution is 2.37. The molecule has 1 heterocycles. The smallest absolute Gasteiger partial charge is 0.258 e. The molecule has 0 saturated heterocycles. The molecule has 0 saturated carbocycles. The zero-order chi connectivity index (χ0) is 19.9. The molecule has 0 aromatic heterocycles. The zero-order valence-electron chi connectivity index (χ0n) is 15.3. The Hall–Kier alpha value is -2.92. The molecule has 0 aliphatic carbocycles. The van der Waals surface area contributed by atoms with Gasteiger partial charge in [-0.05, 0) is 35.0 Å². The lowest BCUT2D eigenvalue weighted by Gasteiger charge is -2.21. The minimum Gasteiger partial charge on any atom is -0.490 e. The monoisotopic (exact) mass is 446 g/mol. The first-order valence-electron chi connectivity index (χ1n) is 8.75. The van der Waals surface area contributed by atoms with E-state index in [2.05, 4.69) is 27.3 Å². The summed E-state index contributed by atoms with van der Waals surface area (Å²) in [5, 5.41) is 11.9. The van der Waals surface area contributed by atoms with Gasteiger partial charge in [0.15, 0.2) is 29.6 Å². The molecule has 8 heteroatoms. The van der Waals surface area contributed by atoms with Crippen LogP contribution >= 0.6 is 15.9 Å². The number of amides is 1. The fourth-order valence-corrected chi connectivity index (χ4v) is 3.25. The first-order chi connectivity index (χ1) is 13.6. The summed E-state index contributed by atoms with van der Waals surface area (Å²) in [5.41, 5.74) is 1.27. The number of carbonyl (C=O) groups excluding carboxylic acids is 1. The SMILES string of the molecule is CCOc1cc(C#N)cc(Br)c1OCC(=O)NCc1cccc2c1OCCO2. The summed E-state index contributed by atoms with van der Waals surface area (Å²) >= 11 is 3.36. The van der Waals surface area contributed by atoms with Crippen molar-refractivity contribution in [2.24, 2.45) is 0 Å². The van der Waals surface area contributed by atoms with Crippen molar-refractivity contribution in [1.82, 2.24) is 5.32 Å². The molecule has 146 valence electrons. The van der Waals surface area contributed by atoms with Gasteiger partial charge in [0.2, 0.25) is 0 Å². The number of rotatable bonds is 7. The number of fused-ring (bicyclic) bond motifs is 1. The molecule has 0 unspecified atom stereocenters. The molecule has 7 nitrogen and oxygen atoms in total. The van der Waals surface area contributed by atoms with Gasteiger partial charge in [0.05, 0.1) is 22.7 Å². The Morgan fingerprint density at radius 2 is 2.11 bits per heavy atom. The van der Waals surface area contributed by atoms with Crippen molar-refractivity contribution >= 4 is 21.8 Å². The number of benzene rings is 2. The number of nitriles is 1. The highest BCUT2D eigenvalue weighted by molar-refractivity contribution is 9.10. The van der Waals surface area contributed by atoms with Gasteiger partial charge in [0.1, 0.15) is 13.2 Å². The topological polar surface area (TPSA) is 89.8 Å². The lowest BCUT2D eigenvalue weighted by Crippen LogP contribution is -2.29. The maximum Gasteiger partial charge on any atom is 0.258 e. The van der Waals surface area contributed by atoms with Crippen LogP contribution in [0.4, 0.5) is 0 Å². The van der Waals surface area contributed by atoms with Gasteiger partial charge in [-0.15, -0.1) is 0 Å². The van der Waals surface area contributed by atoms with Crippen molar-refractivity contribution in [2.45, 2.75) is 13.5 Å². The number of para-hydroxylation sites is 1. The van der Waals surface area contributed by atoms with Gasteiger partial charge in [0, 0.05) is 18.2 Å². The molecule has 1 amide bonds. The summed E-state index contributed by atoms with van der Waals surface area (Å²) in [6.45, 7) is 3.33.